The van der Waals surface area contributed by atoms with Gasteiger partial charge in [-0.2, -0.15) is 0 Å². The second kappa shape index (κ2) is 7.89. The van der Waals surface area contributed by atoms with Crippen LogP contribution in [-0.4, -0.2) is 43.4 Å². The molecule has 2 amide bonds. The van der Waals surface area contributed by atoms with E-state index in [0.717, 1.165) is 38.2 Å². The van der Waals surface area contributed by atoms with Gasteiger partial charge < -0.3 is 15.1 Å². The summed E-state index contributed by atoms with van der Waals surface area (Å²) in [7, 11) is 1.84. The minimum atomic E-state index is -0.171. The SMILES string of the molecule is CCCCN(C)C(=O)C1CC1C(=O)Nc1ccc(N2CCCC2)cc1. The van der Waals surface area contributed by atoms with Crippen molar-refractivity contribution in [2.24, 2.45) is 11.8 Å². The monoisotopic (exact) mass is 343 g/mol. The lowest BCUT2D eigenvalue weighted by Gasteiger charge is -2.18. The highest BCUT2D eigenvalue weighted by Crippen LogP contribution is 2.40. The van der Waals surface area contributed by atoms with Crippen LogP contribution in [0.3, 0.4) is 0 Å². The van der Waals surface area contributed by atoms with Crippen molar-refractivity contribution >= 4 is 23.2 Å². The van der Waals surface area contributed by atoms with Gasteiger partial charge in [0.2, 0.25) is 11.8 Å². The number of benzene rings is 1. The fourth-order valence-electron chi connectivity index (χ4n) is 3.51. The number of hydrogen-bond donors (Lipinski definition) is 1. The molecule has 136 valence electrons. The van der Waals surface area contributed by atoms with Crippen LogP contribution >= 0.6 is 0 Å². The maximum Gasteiger partial charge on any atom is 0.228 e. The molecule has 1 N–H and O–H groups in total. The summed E-state index contributed by atoms with van der Waals surface area (Å²) < 4.78 is 0. The Morgan fingerprint density at radius 2 is 1.84 bits per heavy atom. The van der Waals surface area contributed by atoms with Crippen LogP contribution in [-0.2, 0) is 9.59 Å². The number of anilines is 2. The molecule has 3 rings (SSSR count). The van der Waals surface area contributed by atoms with Crippen molar-refractivity contribution in [3.05, 3.63) is 24.3 Å². The molecule has 1 aliphatic heterocycles. The molecule has 1 heterocycles. The molecule has 1 aromatic carbocycles. The van der Waals surface area contributed by atoms with Gasteiger partial charge in [-0.25, -0.2) is 0 Å². The fourth-order valence-corrected chi connectivity index (χ4v) is 3.51. The van der Waals surface area contributed by atoms with Crippen molar-refractivity contribution in [3.63, 3.8) is 0 Å². The van der Waals surface area contributed by atoms with E-state index in [1.807, 2.05) is 19.2 Å². The van der Waals surface area contributed by atoms with Gasteiger partial charge in [0.05, 0.1) is 11.8 Å². The van der Waals surface area contributed by atoms with Gasteiger partial charge in [-0.15, -0.1) is 0 Å². The fraction of sp³-hybridized carbons (Fsp3) is 0.600. The highest BCUT2D eigenvalue weighted by Gasteiger charge is 2.48. The zero-order valence-corrected chi connectivity index (χ0v) is 15.3. The first kappa shape index (κ1) is 17.8. The van der Waals surface area contributed by atoms with E-state index in [9.17, 15) is 9.59 Å². The van der Waals surface area contributed by atoms with Crippen LogP contribution in [0.25, 0.3) is 0 Å². The first-order chi connectivity index (χ1) is 12.1. The van der Waals surface area contributed by atoms with Crippen molar-refractivity contribution in [2.45, 2.75) is 39.0 Å². The first-order valence-electron chi connectivity index (χ1n) is 9.51. The van der Waals surface area contributed by atoms with Crippen molar-refractivity contribution in [1.82, 2.24) is 4.90 Å². The topological polar surface area (TPSA) is 52.7 Å². The minimum Gasteiger partial charge on any atom is -0.372 e. The molecule has 5 heteroatoms. The number of carbonyl (C=O) groups is 2. The summed E-state index contributed by atoms with van der Waals surface area (Å²) in [6.45, 7) is 5.12. The van der Waals surface area contributed by atoms with Gasteiger partial charge in [0, 0.05) is 38.1 Å². The van der Waals surface area contributed by atoms with Crippen molar-refractivity contribution in [2.75, 3.05) is 36.9 Å². The Kier molecular flexibility index (Phi) is 5.61. The number of amides is 2. The number of nitrogens with zero attached hydrogens (tertiary/aromatic N) is 2. The van der Waals surface area contributed by atoms with E-state index in [-0.39, 0.29) is 23.7 Å². The molecule has 2 aliphatic rings. The predicted octanol–water partition coefficient (Wildman–Crippen LogP) is 3.12. The van der Waals surface area contributed by atoms with Crippen LogP contribution in [0.1, 0.15) is 39.0 Å². The largest absolute Gasteiger partial charge is 0.372 e. The van der Waals surface area contributed by atoms with Crippen LogP contribution in [0, 0.1) is 11.8 Å². The summed E-state index contributed by atoms with van der Waals surface area (Å²) in [5.41, 5.74) is 2.03. The quantitative estimate of drug-likeness (QED) is 0.827. The summed E-state index contributed by atoms with van der Waals surface area (Å²) in [6, 6.07) is 8.04. The maximum absolute atomic E-state index is 12.4. The Labute approximate surface area is 150 Å². The lowest BCUT2D eigenvalue weighted by Crippen LogP contribution is -2.30. The average molecular weight is 343 g/mol. The molecule has 0 aromatic heterocycles. The van der Waals surface area contributed by atoms with Crippen molar-refractivity contribution in [3.8, 4) is 0 Å². The molecule has 2 fully saturated rings. The molecule has 0 radical (unpaired) electrons. The van der Waals surface area contributed by atoms with Crippen LogP contribution in [0.15, 0.2) is 24.3 Å². The zero-order valence-electron chi connectivity index (χ0n) is 15.3. The zero-order chi connectivity index (χ0) is 17.8. The number of unbranched alkanes of at least 4 members (excludes halogenated alkanes) is 1. The second-order valence-corrected chi connectivity index (χ2v) is 7.29. The van der Waals surface area contributed by atoms with E-state index in [1.165, 1.54) is 18.5 Å². The minimum absolute atomic E-state index is 0.0313. The molecule has 0 bridgehead atoms. The number of nitrogens with one attached hydrogen (secondary N) is 1. The molecule has 1 aliphatic carbocycles. The maximum atomic E-state index is 12.4. The Hall–Kier alpha value is -2.04. The molecule has 0 spiro atoms. The Balaban J connectivity index is 1.49. The summed E-state index contributed by atoms with van der Waals surface area (Å²) >= 11 is 0. The number of carbonyl (C=O) groups excluding carboxylic acids is 2. The second-order valence-electron chi connectivity index (χ2n) is 7.29. The van der Waals surface area contributed by atoms with Crippen molar-refractivity contribution < 1.29 is 9.59 Å². The van der Waals surface area contributed by atoms with E-state index in [4.69, 9.17) is 0 Å². The van der Waals surface area contributed by atoms with Crippen LogP contribution in [0.5, 0.6) is 0 Å². The molecular formula is C20H29N3O2. The standard InChI is InChI=1S/C20H29N3O2/c1-3-4-11-22(2)20(25)18-14-17(18)19(24)21-15-7-9-16(10-8-15)23-12-5-6-13-23/h7-10,17-18H,3-6,11-14H2,1-2H3,(H,21,24). The molecule has 5 nitrogen and oxygen atoms in total. The summed E-state index contributed by atoms with van der Waals surface area (Å²) in [4.78, 5) is 28.8. The molecule has 2 unspecified atom stereocenters. The molecule has 25 heavy (non-hydrogen) atoms. The lowest BCUT2D eigenvalue weighted by atomic mass is 10.2. The van der Waals surface area contributed by atoms with Gasteiger partial charge >= 0.3 is 0 Å². The van der Waals surface area contributed by atoms with Crippen LogP contribution < -0.4 is 10.2 Å². The van der Waals surface area contributed by atoms with Gasteiger partial charge in [-0.1, -0.05) is 13.3 Å². The van der Waals surface area contributed by atoms with E-state index in [1.54, 1.807) is 4.90 Å². The third kappa shape index (κ3) is 4.33. The normalized spacial score (nSPS) is 21.9. The highest BCUT2D eigenvalue weighted by molar-refractivity contribution is 5.99. The highest BCUT2D eigenvalue weighted by atomic mass is 16.2. The van der Waals surface area contributed by atoms with Crippen LogP contribution in [0.4, 0.5) is 11.4 Å². The average Bonchev–Trinajstić information content (AvgIpc) is 3.25. The van der Waals surface area contributed by atoms with E-state index in [2.05, 4.69) is 29.3 Å². The van der Waals surface area contributed by atoms with Crippen LogP contribution in [0.2, 0.25) is 0 Å². The smallest absolute Gasteiger partial charge is 0.228 e. The predicted molar refractivity (Wildman–Crippen MR) is 101 cm³/mol. The Morgan fingerprint density at radius 3 is 2.48 bits per heavy atom. The van der Waals surface area contributed by atoms with Gasteiger partial charge in [0.15, 0.2) is 0 Å². The number of hydrogen-bond acceptors (Lipinski definition) is 3. The van der Waals surface area contributed by atoms with E-state index >= 15 is 0 Å². The summed E-state index contributed by atoms with van der Waals surface area (Å²) in [6.07, 6.45) is 5.26. The third-order valence-electron chi connectivity index (χ3n) is 5.27. The van der Waals surface area contributed by atoms with E-state index in [0.29, 0.717) is 6.42 Å². The molecule has 1 saturated heterocycles. The van der Waals surface area contributed by atoms with Gasteiger partial charge in [-0.05, 0) is 49.9 Å². The Morgan fingerprint density at radius 1 is 1.16 bits per heavy atom. The van der Waals surface area contributed by atoms with Crippen molar-refractivity contribution in [1.29, 1.82) is 0 Å². The van der Waals surface area contributed by atoms with Gasteiger partial charge in [0.1, 0.15) is 0 Å². The Bertz CT molecular complexity index is 608. The number of rotatable bonds is 7. The third-order valence-corrected chi connectivity index (χ3v) is 5.27. The summed E-state index contributed by atoms with van der Waals surface area (Å²) in [5.74, 6) is -0.227. The first-order valence-corrected chi connectivity index (χ1v) is 9.51. The van der Waals surface area contributed by atoms with Gasteiger partial charge in [-0.3, -0.25) is 9.59 Å². The molecule has 1 saturated carbocycles. The molecule has 2 atom stereocenters. The molecule has 1 aromatic rings. The summed E-state index contributed by atoms with van der Waals surface area (Å²) in [5, 5.41) is 2.96. The lowest BCUT2D eigenvalue weighted by molar-refractivity contribution is -0.132. The molecular weight excluding hydrogens is 314 g/mol. The van der Waals surface area contributed by atoms with E-state index < -0.39 is 0 Å². The van der Waals surface area contributed by atoms with Gasteiger partial charge in [0.25, 0.3) is 0 Å².